The molecule has 140 valence electrons. The van der Waals surface area contributed by atoms with Crippen LogP contribution in [0.3, 0.4) is 0 Å². The molecule has 4 aliphatic rings. The maximum Gasteiger partial charge on any atom is 0.325 e. The molecule has 1 amide bonds. The van der Waals surface area contributed by atoms with Crippen molar-refractivity contribution in [3.63, 3.8) is 0 Å². The lowest BCUT2D eigenvalue weighted by Crippen LogP contribution is -2.54. The van der Waals surface area contributed by atoms with Gasteiger partial charge in [-0.05, 0) is 74.0 Å². The minimum Gasteiger partial charge on any atom is -0.460 e. The number of hydrogen-bond donors (Lipinski definition) is 1. The molecule has 0 spiro atoms. The first-order valence-electron chi connectivity index (χ1n) is 9.31. The fourth-order valence-electron chi connectivity index (χ4n) is 5.57. The van der Waals surface area contributed by atoms with E-state index in [1.54, 1.807) is 18.2 Å². The van der Waals surface area contributed by atoms with E-state index in [0.717, 1.165) is 24.8 Å². The predicted molar refractivity (Wildman–Crippen MR) is 99.9 cm³/mol. The van der Waals surface area contributed by atoms with E-state index in [2.05, 4.69) is 5.32 Å². The summed E-state index contributed by atoms with van der Waals surface area (Å²) < 4.78 is 5.24. The van der Waals surface area contributed by atoms with Crippen LogP contribution < -0.4 is 5.32 Å². The Hall–Kier alpha value is -1.26. The van der Waals surface area contributed by atoms with Gasteiger partial charge < -0.3 is 10.1 Å². The Balaban J connectivity index is 1.28. The smallest absolute Gasteiger partial charge is 0.325 e. The van der Waals surface area contributed by atoms with Gasteiger partial charge in [-0.3, -0.25) is 9.59 Å². The fourth-order valence-corrected chi connectivity index (χ4v) is 5.89. The van der Waals surface area contributed by atoms with Gasteiger partial charge in [-0.15, -0.1) is 0 Å². The van der Waals surface area contributed by atoms with Crippen molar-refractivity contribution < 1.29 is 14.3 Å². The Bertz CT molecular complexity index is 698. The average molecular weight is 396 g/mol. The molecule has 1 N–H and O–H groups in total. The summed E-state index contributed by atoms with van der Waals surface area (Å²) in [6.45, 7) is 0.0326. The van der Waals surface area contributed by atoms with Crippen LogP contribution in [0.4, 0.5) is 0 Å². The third kappa shape index (κ3) is 3.59. The zero-order valence-corrected chi connectivity index (χ0v) is 16.1. The number of hydrogen-bond acceptors (Lipinski definition) is 3. The highest BCUT2D eigenvalue weighted by atomic mass is 35.5. The number of ether oxygens (including phenoxy) is 1. The van der Waals surface area contributed by atoms with Crippen LogP contribution in [0.2, 0.25) is 10.0 Å². The van der Waals surface area contributed by atoms with Gasteiger partial charge in [-0.25, -0.2) is 0 Å². The average Bonchev–Trinajstić information content (AvgIpc) is 2.59. The van der Waals surface area contributed by atoms with Crippen LogP contribution >= 0.6 is 23.2 Å². The first-order chi connectivity index (χ1) is 12.4. The zero-order chi connectivity index (χ0) is 18.3. The van der Waals surface area contributed by atoms with Gasteiger partial charge >= 0.3 is 5.97 Å². The first-order valence-corrected chi connectivity index (χ1v) is 10.1. The van der Waals surface area contributed by atoms with E-state index in [4.69, 9.17) is 27.9 Å². The van der Waals surface area contributed by atoms with E-state index < -0.39 is 5.97 Å². The standard InChI is InChI=1S/C20H23Cl2NO3/c21-16-2-1-12(6-17(16)22)11-26-18(24)10-23-19(25)20-7-13-3-14(8-20)5-15(4-13)9-20/h1-2,6,13-15H,3-5,7-11H2,(H,23,25). The summed E-state index contributed by atoms with van der Waals surface area (Å²) in [4.78, 5) is 24.8. The molecule has 1 aromatic carbocycles. The van der Waals surface area contributed by atoms with Crippen LogP contribution in [-0.2, 0) is 20.9 Å². The van der Waals surface area contributed by atoms with Crippen LogP contribution in [0.25, 0.3) is 0 Å². The Morgan fingerprint density at radius 3 is 2.23 bits per heavy atom. The van der Waals surface area contributed by atoms with Crippen molar-refractivity contribution >= 4 is 35.1 Å². The lowest BCUT2D eigenvalue weighted by Gasteiger charge is -2.55. The van der Waals surface area contributed by atoms with E-state index in [1.165, 1.54) is 19.3 Å². The van der Waals surface area contributed by atoms with Crippen LogP contribution in [0, 0.1) is 23.2 Å². The number of carbonyl (C=O) groups is 2. The second-order valence-electron chi connectivity index (χ2n) is 8.29. The molecule has 1 aromatic rings. The molecule has 4 aliphatic carbocycles. The highest BCUT2D eigenvalue weighted by Crippen LogP contribution is 2.60. The van der Waals surface area contributed by atoms with Crippen LogP contribution in [0.15, 0.2) is 18.2 Å². The van der Waals surface area contributed by atoms with Crippen molar-refractivity contribution in [2.24, 2.45) is 23.2 Å². The monoisotopic (exact) mass is 395 g/mol. The summed E-state index contributed by atoms with van der Waals surface area (Å²) >= 11 is 11.8. The Labute approximate surface area is 163 Å². The second-order valence-corrected chi connectivity index (χ2v) is 9.10. The van der Waals surface area contributed by atoms with Gasteiger partial charge in [0.05, 0.1) is 10.0 Å². The summed E-state index contributed by atoms with van der Waals surface area (Å²) in [5.41, 5.74) is 0.527. The van der Waals surface area contributed by atoms with Gasteiger partial charge in [0, 0.05) is 5.41 Å². The van der Waals surface area contributed by atoms with E-state index in [1.807, 2.05) is 0 Å². The molecule has 0 radical (unpaired) electrons. The summed E-state index contributed by atoms with van der Waals surface area (Å²) in [6, 6.07) is 5.10. The first kappa shape index (κ1) is 18.1. The topological polar surface area (TPSA) is 55.4 Å². The van der Waals surface area contributed by atoms with Gasteiger partial charge in [0.15, 0.2) is 0 Å². The summed E-state index contributed by atoms with van der Waals surface area (Å²) in [6.07, 6.45) is 6.84. The number of rotatable bonds is 5. The molecule has 0 unspecified atom stereocenters. The largest absolute Gasteiger partial charge is 0.460 e. The number of carbonyl (C=O) groups excluding carboxylic acids is 2. The van der Waals surface area contributed by atoms with Crippen LogP contribution in [-0.4, -0.2) is 18.4 Å². The van der Waals surface area contributed by atoms with E-state index in [9.17, 15) is 9.59 Å². The van der Waals surface area contributed by atoms with Crippen molar-refractivity contribution in [2.75, 3.05) is 6.54 Å². The molecular weight excluding hydrogens is 373 g/mol. The molecule has 0 heterocycles. The Morgan fingerprint density at radius 2 is 1.65 bits per heavy atom. The predicted octanol–water partition coefficient (Wildman–Crippen LogP) is 4.37. The van der Waals surface area contributed by atoms with Gasteiger partial charge in [0.2, 0.25) is 5.91 Å². The quantitative estimate of drug-likeness (QED) is 0.752. The van der Waals surface area contributed by atoms with Gasteiger partial charge in [0.1, 0.15) is 13.2 Å². The zero-order valence-electron chi connectivity index (χ0n) is 14.6. The van der Waals surface area contributed by atoms with Crippen LogP contribution in [0.5, 0.6) is 0 Å². The molecule has 6 heteroatoms. The molecule has 4 fully saturated rings. The van der Waals surface area contributed by atoms with E-state index in [0.29, 0.717) is 27.8 Å². The van der Waals surface area contributed by atoms with Gasteiger partial charge in [0.25, 0.3) is 0 Å². The molecule has 0 aliphatic heterocycles. The molecule has 0 atom stereocenters. The molecular formula is C20H23Cl2NO3. The van der Waals surface area contributed by atoms with Crippen molar-refractivity contribution in [2.45, 2.75) is 45.1 Å². The SMILES string of the molecule is O=C(CNC(=O)C12CC3CC(CC(C3)C1)C2)OCc1ccc(Cl)c(Cl)c1. The number of nitrogens with one attached hydrogen (secondary N) is 1. The molecule has 5 rings (SSSR count). The molecule has 26 heavy (non-hydrogen) atoms. The number of amides is 1. The van der Waals surface area contributed by atoms with E-state index in [-0.39, 0.29) is 24.5 Å². The minimum absolute atomic E-state index is 0.0445. The van der Waals surface area contributed by atoms with Crippen molar-refractivity contribution in [3.8, 4) is 0 Å². The molecule has 4 nitrogen and oxygen atoms in total. The lowest BCUT2D eigenvalue weighted by atomic mass is 9.49. The third-order valence-corrected chi connectivity index (χ3v) is 7.04. The maximum atomic E-state index is 12.8. The summed E-state index contributed by atoms with van der Waals surface area (Å²) in [5.74, 6) is 1.72. The highest BCUT2D eigenvalue weighted by Gasteiger charge is 2.54. The number of halogens is 2. The number of esters is 1. The Morgan fingerprint density at radius 1 is 1.04 bits per heavy atom. The molecule has 4 bridgehead atoms. The summed E-state index contributed by atoms with van der Waals surface area (Å²) in [5, 5.41) is 3.72. The van der Waals surface area contributed by atoms with Crippen molar-refractivity contribution in [3.05, 3.63) is 33.8 Å². The van der Waals surface area contributed by atoms with Crippen LogP contribution in [0.1, 0.15) is 44.1 Å². The summed E-state index contributed by atoms with van der Waals surface area (Å²) in [7, 11) is 0. The molecule has 4 saturated carbocycles. The highest BCUT2D eigenvalue weighted by molar-refractivity contribution is 6.42. The Kier molecular flexibility index (Phi) is 4.91. The van der Waals surface area contributed by atoms with E-state index >= 15 is 0 Å². The number of benzene rings is 1. The van der Waals surface area contributed by atoms with Crippen molar-refractivity contribution in [1.29, 1.82) is 0 Å². The lowest BCUT2D eigenvalue weighted by molar-refractivity contribution is -0.151. The molecule has 0 aromatic heterocycles. The maximum absolute atomic E-state index is 12.8. The molecule has 0 saturated heterocycles. The van der Waals surface area contributed by atoms with Gasteiger partial charge in [-0.2, -0.15) is 0 Å². The third-order valence-electron chi connectivity index (χ3n) is 6.30. The fraction of sp³-hybridized carbons (Fsp3) is 0.600. The minimum atomic E-state index is -0.436. The van der Waals surface area contributed by atoms with Gasteiger partial charge in [-0.1, -0.05) is 29.3 Å². The normalized spacial score (nSPS) is 31.7. The van der Waals surface area contributed by atoms with Crippen molar-refractivity contribution in [1.82, 2.24) is 5.32 Å². The second kappa shape index (κ2) is 7.05.